The first kappa shape index (κ1) is 16.1. The number of hydrogen-bond donors (Lipinski definition) is 0. The average molecular weight is 350 g/mol. The summed E-state index contributed by atoms with van der Waals surface area (Å²) in [6.07, 6.45) is 2.03. The molecule has 1 aliphatic heterocycles. The number of nitrogens with zero attached hydrogens (tertiary/aromatic N) is 4. The van der Waals surface area contributed by atoms with E-state index in [1.807, 2.05) is 36.4 Å². The van der Waals surface area contributed by atoms with E-state index in [9.17, 15) is 14.0 Å². The Balaban J connectivity index is 1.56. The summed E-state index contributed by atoms with van der Waals surface area (Å²) in [7, 11) is 0. The zero-order valence-corrected chi connectivity index (χ0v) is 13.8. The smallest absolute Gasteiger partial charge is 0.255 e. The summed E-state index contributed by atoms with van der Waals surface area (Å²) in [6.45, 7) is 0.554. The number of rotatable bonds is 2. The monoisotopic (exact) mass is 350 g/mol. The number of benzene rings is 2. The lowest BCUT2D eigenvalue weighted by Gasteiger charge is -2.33. The van der Waals surface area contributed by atoms with Crippen molar-refractivity contribution in [3.05, 3.63) is 66.2 Å². The number of piperazine rings is 1. The standard InChI is InChI=1S/C19H15FN4O2/c20-14-10-21-19(22-11-14)24-9-8-23(12-17(24)25)18(26)16-7-3-5-13-4-1-2-6-15(13)16/h1-7,10-11H,8-9,12H2. The maximum atomic E-state index is 13.0. The number of aromatic nitrogens is 2. The fraction of sp³-hybridized carbons (Fsp3) is 0.158. The van der Waals surface area contributed by atoms with Crippen LogP contribution in [0.1, 0.15) is 10.4 Å². The van der Waals surface area contributed by atoms with E-state index in [-0.39, 0.29) is 30.9 Å². The predicted octanol–water partition coefficient (Wildman–Crippen LogP) is 2.26. The summed E-state index contributed by atoms with van der Waals surface area (Å²) in [5.74, 6) is -0.897. The van der Waals surface area contributed by atoms with Gasteiger partial charge in [-0.25, -0.2) is 14.4 Å². The van der Waals surface area contributed by atoms with Crippen molar-refractivity contribution in [1.29, 1.82) is 0 Å². The molecule has 2 aromatic carbocycles. The van der Waals surface area contributed by atoms with Crippen LogP contribution in [-0.2, 0) is 4.79 Å². The van der Waals surface area contributed by atoms with Gasteiger partial charge in [0.25, 0.3) is 5.91 Å². The van der Waals surface area contributed by atoms with Crippen LogP contribution >= 0.6 is 0 Å². The molecule has 6 nitrogen and oxygen atoms in total. The fourth-order valence-electron chi connectivity index (χ4n) is 3.09. The van der Waals surface area contributed by atoms with Gasteiger partial charge in [0.15, 0.2) is 5.82 Å². The minimum atomic E-state index is -0.564. The Bertz CT molecular complexity index is 985. The van der Waals surface area contributed by atoms with E-state index in [0.29, 0.717) is 12.1 Å². The van der Waals surface area contributed by atoms with Gasteiger partial charge in [-0.05, 0) is 16.8 Å². The number of carbonyl (C=O) groups excluding carboxylic acids is 2. The number of hydrogen-bond acceptors (Lipinski definition) is 4. The van der Waals surface area contributed by atoms with Gasteiger partial charge in [-0.2, -0.15) is 0 Å². The second kappa shape index (κ2) is 6.51. The van der Waals surface area contributed by atoms with E-state index in [4.69, 9.17) is 0 Å². The Morgan fingerprint density at radius 2 is 1.73 bits per heavy atom. The van der Waals surface area contributed by atoms with Crippen molar-refractivity contribution in [3.8, 4) is 0 Å². The molecule has 0 atom stereocenters. The molecule has 7 heteroatoms. The van der Waals surface area contributed by atoms with Crippen LogP contribution in [0.15, 0.2) is 54.9 Å². The van der Waals surface area contributed by atoms with Crippen LogP contribution in [0, 0.1) is 5.82 Å². The second-order valence-corrected chi connectivity index (χ2v) is 6.00. The number of fused-ring (bicyclic) bond motifs is 1. The Labute approximate surface area is 148 Å². The molecule has 3 aromatic rings. The normalized spacial score (nSPS) is 14.7. The maximum Gasteiger partial charge on any atom is 0.255 e. The molecule has 1 aromatic heterocycles. The van der Waals surface area contributed by atoms with E-state index in [2.05, 4.69) is 9.97 Å². The predicted molar refractivity (Wildman–Crippen MR) is 94.2 cm³/mol. The van der Waals surface area contributed by atoms with Gasteiger partial charge in [-0.1, -0.05) is 36.4 Å². The van der Waals surface area contributed by atoms with Crippen molar-refractivity contribution in [1.82, 2.24) is 14.9 Å². The first-order chi connectivity index (χ1) is 12.6. The molecule has 1 aliphatic rings. The number of anilines is 1. The summed E-state index contributed by atoms with van der Waals surface area (Å²) in [5.41, 5.74) is 0.572. The number of halogens is 1. The summed E-state index contributed by atoms with van der Waals surface area (Å²) in [5, 5.41) is 1.83. The van der Waals surface area contributed by atoms with Gasteiger partial charge in [0.2, 0.25) is 11.9 Å². The molecule has 2 heterocycles. The van der Waals surface area contributed by atoms with Gasteiger partial charge in [-0.3, -0.25) is 14.5 Å². The molecule has 2 amide bonds. The van der Waals surface area contributed by atoms with Crippen LogP contribution in [0.2, 0.25) is 0 Å². The molecule has 130 valence electrons. The van der Waals surface area contributed by atoms with Crippen LogP contribution in [0.4, 0.5) is 10.3 Å². The van der Waals surface area contributed by atoms with Gasteiger partial charge in [0.05, 0.1) is 12.4 Å². The van der Waals surface area contributed by atoms with E-state index < -0.39 is 5.82 Å². The summed E-state index contributed by atoms with van der Waals surface area (Å²) in [4.78, 5) is 35.9. The lowest BCUT2D eigenvalue weighted by atomic mass is 10.0. The Morgan fingerprint density at radius 3 is 2.50 bits per heavy atom. The Kier molecular flexibility index (Phi) is 4.04. The molecule has 0 aliphatic carbocycles. The molecule has 4 rings (SSSR count). The molecule has 1 fully saturated rings. The van der Waals surface area contributed by atoms with Crippen molar-refractivity contribution in [3.63, 3.8) is 0 Å². The van der Waals surface area contributed by atoms with Crippen molar-refractivity contribution in [2.45, 2.75) is 0 Å². The first-order valence-electron chi connectivity index (χ1n) is 8.18. The second-order valence-electron chi connectivity index (χ2n) is 6.00. The van der Waals surface area contributed by atoms with Gasteiger partial charge in [0.1, 0.15) is 6.54 Å². The number of carbonyl (C=O) groups is 2. The molecule has 0 N–H and O–H groups in total. The van der Waals surface area contributed by atoms with Gasteiger partial charge < -0.3 is 4.90 Å². The van der Waals surface area contributed by atoms with Crippen molar-refractivity contribution in [2.24, 2.45) is 0 Å². The minimum absolute atomic E-state index is 0.0667. The molecular formula is C19H15FN4O2. The van der Waals surface area contributed by atoms with Gasteiger partial charge in [0, 0.05) is 18.7 Å². The zero-order valence-electron chi connectivity index (χ0n) is 13.8. The van der Waals surface area contributed by atoms with Crippen LogP contribution in [0.3, 0.4) is 0 Å². The highest BCUT2D eigenvalue weighted by molar-refractivity contribution is 6.08. The van der Waals surface area contributed by atoms with E-state index in [0.717, 1.165) is 23.2 Å². The third-order valence-corrected chi connectivity index (χ3v) is 4.38. The highest BCUT2D eigenvalue weighted by Crippen LogP contribution is 2.21. The molecule has 0 saturated carbocycles. The van der Waals surface area contributed by atoms with Crippen LogP contribution in [0.25, 0.3) is 10.8 Å². The average Bonchev–Trinajstić information content (AvgIpc) is 2.68. The molecular weight excluding hydrogens is 335 g/mol. The van der Waals surface area contributed by atoms with Crippen molar-refractivity contribution >= 4 is 28.5 Å². The van der Waals surface area contributed by atoms with E-state index in [1.54, 1.807) is 6.07 Å². The molecule has 1 saturated heterocycles. The first-order valence-corrected chi connectivity index (χ1v) is 8.18. The highest BCUT2D eigenvalue weighted by atomic mass is 19.1. The van der Waals surface area contributed by atoms with Gasteiger partial charge >= 0.3 is 0 Å². The maximum absolute atomic E-state index is 13.0. The van der Waals surface area contributed by atoms with Crippen LogP contribution < -0.4 is 4.90 Å². The molecule has 26 heavy (non-hydrogen) atoms. The topological polar surface area (TPSA) is 66.4 Å². The molecule has 0 spiro atoms. The molecule has 0 unspecified atom stereocenters. The highest BCUT2D eigenvalue weighted by Gasteiger charge is 2.30. The summed E-state index contributed by atoms with van der Waals surface area (Å²) in [6, 6.07) is 13.2. The quantitative estimate of drug-likeness (QED) is 0.711. The van der Waals surface area contributed by atoms with E-state index >= 15 is 0 Å². The SMILES string of the molecule is O=C(c1cccc2ccccc12)N1CCN(c2ncc(F)cn2)C(=O)C1. The zero-order chi connectivity index (χ0) is 18.1. The van der Waals surface area contributed by atoms with Crippen LogP contribution in [0.5, 0.6) is 0 Å². The Morgan fingerprint density at radius 1 is 1.00 bits per heavy atom. The lowest BCUT2D eigenvalue weighted by Crippen LogP contribution is -2.53. The van der Waals surface area contributed by atoms with Crippen LogP contribution in [-0.4, -0.2) is 46.3 Å². The van der Waals surface area contributed by atoms with Crippen molar-refractivity contribution in [2.75, 3.05) is 24.5 Å². The molecule has 0 bridgehead atoms. The fourth-order valence-corrected chi connectivity index (χ4v) is 3.09. The minimum Gasteiger partial charge on any atom is -0.328 e. The third kappa shape index (κ3) is 2.88. The summed E-state index contributed by atoms with van der Waals surface area (Å²) < 4.78 is 13.0. The van der Waals surface area contributed by atoms with Gasteiger partial charge in [-0.15, -0.1) is 0 Å². The molecule has 0 radical (unpaired) electrons. The summed E-state index contributed by atoms with van der Waals surface area (Å²) >= 11 is 0. The van der Waals surface area contributed by atoms with E-state index in [1.165, 1.54) is 9.80 Å². The third-order valence-electron chi connectivity index (χ3n) is 4.38. The number of amides is 2. The van der Waals surface area contributed by atoms with Crippen molar-refractivity contribution < 1.29 is 14.0 Å². The largest absolute Gasteiger partial charge is 0.328 e. The Hall–Kier alpha value is -3.35. The lowest BCUT2D eigenvalue weighted by molar-refractivity contribution is -0.120.